The lowest BCUT2D eigenvalue weighted by Crippen LogP contribution is -2.64. The number of carbonyl (C=O) groups excluding carboxylic acids is 1. The van der Waals surface area contributed by atoms with E-state index in [4.69, 9.17) is 18.5 Å². The Balaban J connectivity index is 2.44. The molecule has 0 saturated heterocycles. The second-order valence-electron chi connectivity index (χ2n) is 15.9. The standard InChI is InChI=1S/C48H83O12P/c1-3-5-7-9-11-13-15-17-19-20-21-22-24-26-28-30-32-34-36-38-57-39-41(40-58-61(55,56)60-48-46(53)44(51)43(50)45(52)47(48)54)59-42(49)37-35-33-31-29-27-25-23-18-16-14-12-10-8-6-4-2/h6,8,12,14,18-20,23,27,29,33,35,41,43-48,50-54H,3-5,7,9-11,13,15-17,21-22,24-26,28,30-32,34,36-40H2,1-2H3,(H,55,56)/b8-6-,14-12-,20-19-,23-18-,29-27-,35-33-. The van der Waals surface area contributed by atoms with Crippen molar-refractivity contribution in [2.45, 2.75) is 204 Å². The van der Waals surface area contributed by atoms with Crippen molar-refractivity contribution in [2.75, 3.05) is 19.8 Å². The number of esters is 1. The van der Waals surface area contributed by atoms with E-state index in [2.05, 4.69) is 62.5 Å². The fourth-order valence-electron chi connectivity index (χ4n) is 6.66. The van der Waals surface area contributed by atoms with Gasteiger partial charge in [-0.2, -0.15) is 0 Å². The van der Waals surface area contributed by atoms with E-state index >= 15 is 0 Å². The number of hydrogen-bond donors (Lipinski definition) is 6. The summed E-state index contributed by atoms with van der Waals surface area (Å²) in [5.41, 5.74) is 0. The molecule has 0 aromatic rings. The molecule has 0 heterocycles. The van der Waals surface area contributed by atoms with Crippen molar-refractivity contribution < 1.29 is 58.3 Å². The van der Waals surface area contributed by atoms with Gasteiger partial charge in [-0.3, -0.25) is 13.8 Å². The van der Waals surface area contributed by atoms with Crippen molar-refractivity contribution in [3.05, 3.63) is 72.9 Å². The maximum absolute atomic E-state index is 12.8. The molecule has 0 spiro atoms. The predicted molar refractivity (Wildman–Crippen MR) is 244 cm³/mol. The first-order valence-corrected chi connectivity index (χ1v) is 24.8. The number of carbonyl (C=O) groups is 1. The van der Waals surface area contributed by atoms with Crippen molar-refractivity contribution in [2.24, 2.45) is 0 Å². The van der Waals surface area contributed by atoms with Crippen LogP contribution in [0.5, 0.6) is 0 Å². The Morgan fingerprint density at radius 1 is 0.541 bits per heavy atom. The first-order chi connectivity index (χ1) is 29.5. The van der Waals surface area contributed by atoms with Crippen LogP contribution < -0.4 is 0 Å². The van der Waals surface area contributed by atoms with Gasteiger partial charge in [0.2, 0.25) is 0 Å². The number of aliphatic hydroxyl groups excluding tert-OH is 5. The number of aliphatic hydroxyl groups is 5. The molecule has 6 atom stereocenters. The van der Waals surface area contributed by atoms with Crippen LogP contribution in [0.4, 0.5) is 0 Å². The smallest absolute Gasteiger partial charge is 0.457 e. The van der Waals surface area contributed by atoms with Crippen LogP contribution >= 0.6 is 7.82 Å². The third-order valence-corrected chi connectivity index (χ3v) is 11.3. The number of hydrogen-bond acceptors (Lipinski definition) is 11. The molecule has 1 rings (SSSR count). The summed E-state index contributed by atoms with van der Waals surface area (Å²) in [5, 5.41) is 50.2. The molecule has 6 unspecified atom stereocenters. The fraction of sp³-hybridized carbons (Fsp3) is 0.729. The third kappa shape index (κ3) is 30.5. The van der Waals surface area contributed by atoms with Crippen molar-refractivity contribution in [3.8, 4) is 0 Å². The van der Waals surface area contributed by atoms with E-state index in [-0.39, 0.29) is 13.0 Å². The molecule has 0 radical (unpaired) electrons. The van der Waals surface area contributed by atoms with Crippen LogP contribution in [0, 0.1) is 0 Å². The summed E-state index contributed by atoms with van der Waals surface area (Å²) in [6, 6.07) is 0. The van der Waals surface area contributed by atoms with Crippen molar-refractivity contribution in [1.29, 1.82) is 0 Å². The average Bonchev–Trinajstić information content (AvgIpc) is 3.24. The van der Waals surface area contributed by atoms with Crippen molar-refractivity contribution in [1.82, 2.24) is 0 Å². The highest BCUT2D eigenvalue weighted by atomic mass is 31.2. The largest absolute Gasteiger partial charge is 0.472 e. The maximum Gasteiger partial charge on any atom is 0.472 e. The molecular formula is C48H83O12P. The van der Waals surface area contributed by atoms with Gasteiger partial charge in [-0.1, -0.05) is 164 Å². The summed E-state index contributed by atoms with van der Waals surface area (Å²) < 4.78 is 34.0. The molecule has 1 aliphatic rings. The molecule has 352 valence electrons. The summed E-state index contributed by atoms with van der Waals surface area (Å²) in [6.07, 6.45) is 37.2. The number of allylic oxidation sites excluding steroid dienone is 11. The van der Waals surface area contributed by atoms with Crippen LogP contribution in [0.15, 0.2) is 72.9 Å². The lowest BCUT2D eigenvalue weighted by Gasteiger charge is -2.41. The molecule has 13 heteroatoms. The monoisotopic (exact) mass is 883 g/mol. The van der Waals surface area contributed by atoms with Gasteiger partial charge in [-0.15, -0.1) is 0 Å². The van der Waals surface area contributed by atoms with Gasteiger partial charge in [0.25, 0.3) is 0 Å². The Kier molecular flexibility index (Phi) is 35.6. The number of phosphoric acid groups is 1. The Morgan fingerprint density at radius 2 is 0.967 bits per heavy atom. The summed E-state index contributed by atoms with van der Waals surface area (Å²) in [7, 11) is -5.05. The number of phosphoric ester groups is 1. The molecule has 0 amide bonds. The van der Waals surface area contributed by atoms with Gasteiger partial charge < -0.3 is 39.9 Å². The zero-order valence-corrected chi connectivity index (χ0v) is 38.3. The van der Waals surface area contributed by atoms with Gasteiger partial charge in [0.15, 0.2) is 0 Å². The van der Waals surface area contributed by atoms with E-state index in [0.29, 0.717) is 13.0 Å². The number of unbranched alkanes of at least 4 members (excludes halogenated alkanes) is 15. The molecule has 0 aromatic heterocycles. The van der Waals surface area contributed by atoms with Crippen LogP contribution in [-0.4, -0.2) is 98.9 Å². The van der Waals surface area contributed by atoms with Crippen LogP contribution in [0.2, 0.25) is 0 Å². The fourth-order valence-corrected chi connectivity index (χ4v) is 7.63. The van der Waals surface area contributed by atoms with Gasteiger partial charge in [-0.25, -0.2) is 4.57 Å². The topological polar surface area (TPSA) is 192 Å². The first kappa shape index (κ1) is 56.8. The van der Waals surface area contributed by atoms with E-state index in [9.17, 15) is 39.8 Å². The number of rotatable bonds is 38. The third-order valence-electron chi connectivity index (χ3n) is 10.3. The lowest BCUT2D eigenvalue weighted by atomic mass is 9.85. The van der Waals surface area contributed by atoms with Crippen molar-refractivity contribution in [3.63, 3.8) is 0 Å². The highest BCUT2D eigenvalue weighted by molar-refractivity contribution is 7.47. The SMILES string of the molecule is CC/C=C\C/C=C\C/C=C\C/C=C\C/C=C\CC(=O)OC(COCCCCCCCCCC/C=C\CCCCCCCCC)COP(=O)(O)OC1C(O)C(O)C(O)C(O)C1O. The van der Waals surface area contributed by atoms with Gasteiger partial charge in [0.05, 0.1) is 19.6 Å². The molecule has 61 heavy (non-hydrogen) atoms. The predicted octanol–water partition coefficient (Wildman–Crippen LogP) is 9.58. The molecule has 6 N–H and O–H groups in total. The van der Waals surface area contributed by atoms with Crippen LogP contribution in [0.1, 0.15) is 162 Å². The molecule has 0 aromatic carbocycles. The van der Waals surface area contributed by atoms with Crippen molar-refractivity contribution >= 4 is 13.8 Å². The quantitative estimate of drug-likeness (QED) is 0.0149. The molecule has 12 nitrogen and oxygen atoms in total. The Hall–Kier alpha value is -2.22. The Bertz CT molecular complexity index is 1280. The lowest BCUT2D eigenvalue weighted by molar-refractivity contribution is -0.220. The highest BCUT2D eigenvalue weighted by Crippen LogP contribution is 2.47. The minimum absolute atomic E-state index is 0.0497. The molecule has 1 saturated carbocycles. The number of ether oxygens (including phenoxy) is 2. The zero-order chi connectivity index (χ0) is 44.8. The minimum atomic E-state index is -5.05. The van der Waals surface area contributed by atoms with Gasteiger partial charge in [-0.05, 0) is 64.2 Å². The molecule has 0 aliphatic heterocycles. The van der Waals surface area contributed by atoms with Crippen LogP contribution in [0.3, 0.4) is 0 Å². The summed E-state index contributed by atoms with van der Waals surface area (Å²) >= 11 is 0. The first-order valence-electron chi connectivity index (χ1n) is 23.3. The molecule has 1 aliphatic carbocycles. The second-order valence-corrected chi connectivity index (χ2v) is 17.3. The molecule has 1 fully saturated rings. The summed E-state index contributed by atoms with van der Waals surface area (Å²) in [5.74, 6) is -0.606. The van der Waals surface area contributed by atoms with E-state index < -0.39 is 63.1 Å². The van der Waals surface area contributed by atoms with E-state index in [0.717, 1.165) is 57.8 Å². The Labute approximate surface area is 368 Å². The van der Waals surface area contributed by atoms with Gasteiger partial charge >= 0.3 is 13.8 Å². The zero-order valence-electron chi connectivity index (χ0n) is 37.4. The van der Waals surface area contributed by atoms with E-state index in [1.54, 1.807) is 6.08 Å². The second kappa shape index (κ2) is 38.3. The minimum Gasteiger partial charge on any atom is -0.457 e. The summed E-state index contributed by atoms with van der Waals surface area (Å²) in [4.78, 5) is 23.1. The summed E-state index contributed by atoms with van der Waals surface area (Å²) in [6.45, 7) is 4.02. The highest BCUT2D eigenvalue weighted by Gasteiger charge is 2.51. The normalized spacial score (nSPS) is 22.8. The molecular weight excluding hydrogens is 799 g/mol. The average molecular weight is 883 g/mol. The van der Waals surface area contributed by atoms with Gasteiger partial charge in [0, 0.05) is 6.61 Å². The Morgan fingerprint density at radius 3 is 1.46 bits per heavy atom. The maximum atomic E-state index is 12.8. The van der Waals surface area contributed by atoms with E-state index in [1.807, 2.05) is 18.2 Å². The van der Waals surface area contributed by atoms with E-state index in [1.165, 1.54) is 77.0 Å². The molecule has 0 bridgehead atoms. The van der Waals surface area contributed by atoms with Gasteiger partial charge in [0.1, 0.15) is 42.7 Å². The van der Waals surface area contributed by atoms with Crippen LogP contribution in [-0.2, 0) is 27.9 Å². The van der Waals surface area contributed by atoms with Crippen LogP contribution in [0.25, 0.3) is 0 Å².